The fourth-order valence-electron chi connectivity index (χ4n) is 4.22. The quantitative estimate of drug-likeness (QED) is 0.213. The molecule has 1 heterocycles. The van der Waals surface area contributed by atoms with E-state index in [-0.39, 0.29) is 16.5 Å². The van der Waals surface area contributed by atoms with E-state index in [0.29, 0.717) is 17.5 Å². The van der Waals surface area contributed by atoms with E-state index >= 15 is 0 Å². The summed E-state index contributed by atoms with van der Waals surface area (Å²) in [6.07, 6.45) is 2.17. The zero-order chi connectivity index (χ0) is 25.4. The van der Waals surface area contributed by atoms with Crippen molar-refractivity contribution in [2.75, 3.05) is 10.6 Å². The van der Waals surface area contributed by atoms with Crippen LogP contribution < -0.4 is 10.6 Å². The summed E-state index contributed by atoms with van der Waals surface area (Å²) in [6.45, 7) is 1.77. The summed E-state index contributed by atoms with van der Waals surface area (Å²) in [5, 5.41) is 13.8. The molecule has 0 saturated carbocycles. The summed E-state index contributed by atoms with van der Waals surface area (Å²) in [4.78, 5) is 18.0. The van der Waals surface area contributed by atoms with E-state index in [4.69, 9.17) is 5.41 Å². The van der Waals surface area contributed by atoms with Gasteiger partial charge < -0.3 is 10.6 Å². The molecule has 5 nitrogen and oxygen atoms in total. The Morgan fingerprint density at radius 2 is 1.64 bits per heavy atom. The van der Waals surface area contributed by atoms with Gasteiger partial charge in [-0.2, -0.15) is 0 Å². The number of thiazole rings is 1. The molecule has 0 atom stereocenters. The number of nitrogens with one attached hydrogen (secondary N) is 3. The number of hydrogen-bond acceptors (Lipinski definition) is 4. The van der Waals surface area contributed by atoms with Gasteiger partial charge in [0.1, 0.15) is 29.0 Å². The van der Waals surface area contributed by atoms with Crippen LogP contribution in [0.4, 0.5) is 24.5 Å². The van der Waals surface area contributed by atoms with Gasteiger partial charge >= 0.3 is 0 Å². The second-order valence-corrected chi connectivity index (χ2v) is 9.50. The fourth-order valence-corrected chi connectivity index (χ4v) is 5.29. The van der Waals surface area contributed by atoms with Crippen LogP contribution in [0.3, 0.4) is 0 Å². The first-order valence-corrected chi connectivity index (χ1v) is 12.1. The highest BCUT2D eigenvalue weighted by molar-refractivity contribution is 7.17. The van der Waals surface area contributed by atoms with Crippen molar-refractivity contribution in [1.29, 1.82) is 5.41 Å². The highest BCUT2D eigenvalue weighted by atomic mass is 32.1. The molecule has 0 bridgehead atoms. The first-order valence-electron chi connectivity index (χ1n) is 11.3. The second kappa shape index (κ2) is 9.58. The van der Waals surface area contributed by atoms with Crippen LogP contribution in [-0.2, 0) is 12.8 Å². The number of benzene rings is 3. The van der Waals surface area contributed by atoms with Crippen LogP contribution in [-0.4, -0.2) is 16.7 Å². The molecule has 1 amide bonds. The summed E-state index contributed by atoms with van der Waals surface area (Å²) in [5.41, 5.74) is 3.70. The number of para-hydroxylation sites is 2. The van der Waals surface area contributed by atoms with E-state index in [0.717, 1.165) is 58.0 Å². The lowest BCUT2D eigenvalue weighted by atomic mass is 10.00. The maximum Gasteiger partial charge on any atom is 0.284 e. The van der Waals surface area contributed by atoms with Crippen molar-refractivity contribution in [3.63, 3.8) is 0 Å². The number of fused-ring (bicyclic) bond motifs is 3. The minimum atomic E-state index is -0.860. The van der Waals surface area contributed by atoms with Gasteiger partial charge in [-0.25, -0.2) is 18.2 Å². The number of aromatic nitrogens is 1. The first kappa shape index (κ1) is 23.7. The highest BCUT2D eigenvalue weighted by Gasteiger charge is 2.24. The molecule has 1 aliphatic carbocycles. The third kappa shape index (κ3) is 4.49. The largest absolute Gasteiger partial charge is 0.338 e. The third-order valence-corrected chi connectivity index (χ3v) is 7.19. The van der Waals surface area contributed by atoms with E-state index in [2.05, 4.69) is 15.6 Å². The van der Waals surface area contributed by atoms with Crippen molar-refractivity contribution < 1.29 is 18.0 Å². The number of rotatable bonds is 4. The molecule has 0 unspecified atom stereocenters. The number of hydrogen-bond donors (Lipinski definition) is 3. The Bertz CT molecular complexity index is 1470. The predicted molar refractivity (Wildman–Crippen MR) is 135 cm³/mol. The first-order chi connectivity index (χ1) is 17.3. The summed E-state index contributed by atoms with van der Waals surface area (Å²) in [5.74, 6) is -2.75. The van der Waals surface area contributed by atoms with Gasteiger partial charge in [-0.1, -0.05) is 30.3 Å². The minimum Gasteiger partial charge on any atom is -0.338 e. The molecule has 0 aliphatic heterocycles. The Hall–Kier alpha value is -3.98. The lowest BCUT2D eigenvalue weighted by Gasteiger charge is -2.14. The molecule has 0 saturated heterocycles. The molecule has 5 rings (SSSR count). The van der Waals surface area contributed by atoms with Crippen molar-refractivity contribution in [2.45, 2.75) is 26.2 Å². The van der Waals surface area contributed by atoms with Crippen LogP contribution in [0.1, 0.15) is 38.6 Å². The third-order valence-electron chi connectivity index (χ3n) is 6.06. The summed E-state index contributed by atoms with van der Waals surface area (Å²) >= 11 is 1.16. The van der Waals surface area contributed by atoms with E-state index in [1.807, 2.05) is 12.1 Å². The van der Waals surface area contributed by atoms with Crippen LogP contribution >= 0.6 is 11.3 Å². The Morgan fingerprint density at radius 3 is 2.36 bits per heavy atom. The molecule has 182 valence electrons. The zero-order valence-electron chi connectivity index (χ0n) is 19.2. The molecule has 36 heavy (non-hydrogen) atoms. The number of carbonyl (C=O) groups is 1. The SMILES string of the molecule is Cc1cccc(F)c1NC(=N)c1ccc2c(c1)CCCc1nc(C(=O)Nc3c(F)cccc3F)sc1-2. The summed E-state index contributed by atoms with van der Waals surface area (Å²) in [6, 6.07) is 13.6. The van der Waals surface area contributed by atoms with Gasteiger partial charge in [0.25, 0.3) is 5.91 Å². The van der Waals surface area contributed by atoms with Gasteiger partial charge in [-0.3, -0.25) is 10.2 Å². The van der Waals surface area contributed by atoms with Gasteiger partial charge in [-0.05, 0) is 67.1 Å². The normalized spacial score (nSPS) is 12.3. The average molecular weight is 507 g/mol. The fraction of sp³-hybridized carbons (Fsp3) is 0.148. The molecular formula is C27H21F3N4OS. The standard InChI is InChI=1S/C27H21F3N4OS/c1-14-5-2-7-18(28)22(14)33-25(31)16-11-12-17-15(13-16)6-3-10-21-24(17)36-27(32-21)26(35)34-23-19(29)8-4-9-20(23)30/h2,4-5,7-9,11-13H,3,6,10H2,1H3,(H2,31,33)(H,34,35). The van der Waals surface area contributed by atoms with E-state index in [1.165, 1.54) is 12.1 Å². The van der Waals surface area contributed by atoms with E-state index in [1.54, 1.807) is 25.1 Å². The topological polar surface area (TPSA) is 77.9 Å². The maximum atomic E-state index is 14.2. The Morgan fingerprint density at radius 1 is 0.944 bits per heavy atom. The highest BCUT2D eigenvalue weighted by Crippen LogP contribution is 2.38. The van der Waals surface area contributed by atoms with Gasteiger partial charge in [0.15, 0.2) is 5.01 Å². The number of halogens is 3. The molecule has 1 aromatic heterocycles. The van der Waals surface area contributed by atoms with Crippen LogP contribution in [0, 0.1) is 29.8 Å². The predicted octanol–water partition coefficient (Wildman–Crippen LogP) is 6.71. The lowest BCUT2D eigenvalue weighted by Crippen LogP contribution is -2.14. The molecular weight excluding hydrogens is 485 g/mol. The number of anilines is 2. The number of amides is 1. The average Bonchev–Trinajstić information content (AvgIpc) is 3.20. The number of amidine groups is 1. The van der Waals surface area contributed by atoms with Gasteiger partial charge in [0.05, 0.1) is 16.3 Å². The summed E-state index contributed by atoms with van der Waals surface area (Å²) < 4.78 is 42.2. The molecule has 3 aromatic carbocycles. The minimum absolute atomic E-state index is 0.0757. The van der Waals surface area contributed by atoms with E-state index < -0.39 is 29.0 Å². The Kier molecular flexibility index (Phi) is 6.32. The molecule has 0 radical (unpaired) electrons. The van der Waals surface area contributed by atoms with Crippen LogP contribution in [0.15, 0.2) is 54.6 Å². The lowest BCUT2D eigenvalue weighted by molar-refractivity contribution is 0.102. The van der Waals surface area contributed by atoms with Crippen molar-refractivity contribution in [2.24, 2.45) is 0 Å². The Balaban J connectivity index is 1.42. The number of aryl methyl sites for hydroxylation is 3. The molecule has 4 aromatic rings. The number of carbonyl (C=O) groups excluding carboxylic acids is 1. The van der Waals surface area contributed by atoms with Crippen molar-refractivity contribution in [3.8, 4) is 10.4 Å². The van der Waals surface area contributed by atoms with Gasteiger partial charge in [-0.15, -0.1) is 11.3 Å². The maximum absolute atomic E-state index is 14.2. The molecule has 3 N–H and O–H groups in total. The van der Waals surface area contributed by atoms with Gasteiger partial charge in [0.2, 0.25) is 0 Å². The van der Waals surface area contributed by atoms with E-state index in [9.17, 15) is 18.0 Å². The smallest absolute Gasteiger partial charge is 0.284 e. The summed E-state index contributed by atoms with van der Waals surface area (Å²) in [7, 11) is 0. The second-order valence-electron chi connectivity index (χ2n) is 8.50. The van der Waals surface area contributed by atoms with Crippen LogP contribution in [0.5, 0.6) is 0 Å². The molecule has 9 heteroatoms. The van der Waals surface area contributed by atoms with Crippen molar-refractivity contribution in [3.05, 3.63) is 99.4 Å². The Labute approximate surface area is 209 Å². The molecule has 0 fully saturated rings. The monoisotopic (exact) mass is 506 g/mol. The van der Waals surface area contributed by atoms with Crippen molar-refractivity contribution >= 4 is 34.5 Å². The molecule has 0 spiro atoms. The van der Waals surface area contributed by atoms with Crippen LogP contribution in [0.2, 0.25) is 0 Å². The number of nitrogens with zero attached hydrogens (tertiary/aromatic N) is 1. The zero-order valence-corrected chi connectivity index (χ0v) is 20.0. The molecule has 1 aliphatic rings. The van der Waals surface area contributed by atoms with Gasteiger partial charge in [0, 0.05) is 5.56 Å². The van der Waals surface area contributed by atoms with Crippen molar-refractivity contribution in [1.82, 2.24) is 4.98 Å². The van der Waals surface area contributed by atoms with Crippen LogP contribution in [0.25, 0.3) is 10.4 Å².